The van der Waals surface area contributed by atoms with Crippen molar-refractivity contribution in [2.24, 2.45) is 5.41 Å². The van der Waals surface area contributed by atoms with Gasteiger partial charge in [-0.15, -0.1) is 0 Å². The van der Waals surface area contributed by atoms with Gasteiger partial charge in [0, 0.05) is 82.3 Å². The highest BCUT2D eigenvalue weighted by Gasteiger charge is 2.44. The van der Waals surface area contributed by atoms with Crippen LogP contribution in [0.25, 0.3) is 0 Å². The largest absolute Gasteiger partial charge is 0.465 e. The number of halogens is 1. The maximum atomic E-state index is 13.1. The number of hydrogen-bond acceptors (Lipinski definition) is 7. The highest BCUT2D eigenvalue weighted by molar-refractivity contribution is 6.32. The van der Waals surface area contributed by atoms with Gasteiger partial charge in [-0.25, -0.2) is 0 Å². The van der Waals surface area contributed by atoms with Gasteiger partial charge in [0.15, 0.2) is 0 Å². The first-order valence-electron chi connectivity index (χ1n) is 14.2. The third-order valence-electron chi connectivity index (χ3n) is 8.85. The number of benzene rings is 2. The van der Waals surface area contributed by atoms with Gasteiger partial charge < -0.3 is 19.4 Å². The van der Waals surface area contributed by atoms with E-state index in [9.17, 15) is 14.9 Å². The number of esters is 1. The van der Waals surface area contributed by atoms with Gasteiger partial charge in [0.2, 0.25) is 0 Å². The number of carbonyl (C=O) groups is 2. The van der Waals surface area contributed by atoms with E-state index >= 15 is 0 Å². The molecule has 0 radical (unpaired) electrons. The molecule has 0 aliphatic carbocycles. The van der Waals surface area contributed by atoms with Crippen LogP contribution < -0.4 is 9.80 Å². The molecule has 212 valence electrons. The molecule has 1 atom stereocenters. The number of piperazine rings is 1. The van der Waals surface area contributed by atoms with E-state index in [0.717, 1.165) is 63.2 Å². The van der Waals surface area contributed by atoms with E-state index < -0.39 is 0 Å². The predicted octanol–water partition coefficient (Wildman–Crippen LogP) is 4.42. The molecule has 8 nitrogen and oxygen atoms in total. The second-order valence-electron chi connectivity index (χ2n) is 11.5. The number of ether oxygens (including phenoxy) is 1. The molecule has 0 bridgehead atoms. The van der Waals surface area contributed by atoms with Crippen molar-refractivity contribution in [3.8, 4) is 6.07 Å². The Bertz CT molecular complexity index is 1260. The average molecular weight is 564 g/mol. The van der Waals surface area contributed by atoms with Crippen molar-refractivity contribution in [1.29, 1.82) is 5.26 Å². The number of anilines is 2. The van der Waals surface area contributed by atoms with Gasteiger partial charge in [0.1, 0.15) is 12.7 Å². The van der Waals surface area contributed by atoms with E-state index in [1.165, 1.54) is 12.6 Å². The smallest absolute Gasteiger partial charge is 0.302 e. The second kappa shape index (κ2) is 12.1. The van der Waals surface area contributed by atoms with Crippen LogP contribution in [0.15, 0.2) is 42.5 Å². The van der Waals surface area contributed by atoms with Crippen LogP contribution in [0.1, 0.15) is 49.0 Å². The lowest BCUT2D eigenvalue weighted by molar-refractivity contribution is -0.141. The van der Waals surface area contributed by atoms with Crippen LogP contribution in [0, 0.1) is 16.7 Å². The lowest BCUT2D eigenvalue weighted by atomic mass is 9.76. The lowest BCUT2D eigenvalue weighted by Gasteiger charge is -2.40. The molecule has 0 aromatic heterocycles. The zero-order chi connectivity index (χ0) is 28.3. The first-order chi connectivity index (χ1) is 19.3. The summed E-state index contributed by atoms with van der Waals surface area (Å²) in [6, 6.07) is 16.4. The first-order valence-corrected chi connectivity index (χ1v) is 14.6. The molecular weight excluding hydrogens is 526 g/mol. The van der Waals surface area contributed by atoms with Gasteiger partial charge in [0.05, 0.1) is 10.6 Å². The van der Waals surface area contributed by atoms with Gasteiger partial charge in [-0.2, -0.15) is 5.26 Å². The van der Waals surface area contributed by atoms with Gasteiger partial charge in [-0.1, -0.05) is 11.6 Å². The van der Waals surface area contributed by atoms with Crippen LogP contribution in [0.4, 0.5) is 11.4 Å². The zero-order valence-electron chi connectivity index (χ0n) is 23.4. The molecule has 3 aliphatic rings. The fraction of sp³-hybridized carbons (Fsp3) is 0.516. The van der Waals surface area contributed by atoms with Crippen LogP contribution in [-0.2, 0) is 9.53 Å². The molecule has 3 aliphatic heterocycles. The van der Waals surface area contributed by atoms with E-state index in [0.29, 0.717) is 42.9 Å². The van der Waals surface area contributed by atoms with E-state index in [-0.39, 0.29) is 17.3 Å². The summed E-state index contributed by atoms with van der Waals surface area (Å²) < 4.78 is 5.03. The fourth-order valence-corrected chi connectivity index (χ4v) is 6.75. The van der Waals surface area contributed by atoms with Crippen molar-refractivity contribution >= 4 is 34.9 Å². The molecule has 3 saturated heterocycles. The quantitative estimate of drug-likeness (QED) is 0.481. The summed E-state index contributed by atoms with van der Waals surface area (Å²) in [5.74, 6) is -0.182. The number of carbonyl (C=O) groups excluding carboxylic acids is 2. The van der Waals surface area contributed by atoms with Gasteiger partial charge >= 0.3 is 5.97 Å². The molecule has 3 fully saturated rings. The van der Waals surface area contributed by atoms with Gasteiger partial charge in [-0.05, 0) is 74.1 Å². The highest BCUT2D eigenvalue weighted by Crippen LogP contribution is 2.46. The number of amides is 1. The van der Waals surface area contributed by atoms with Crippen LogP contribution in [0.3, 0.4) is 0 Å². The Labute approximate surface area is 242 Å². The molecule has 9 heteroatoms. The minimum absolute atomic E-state index is 0.0757. The molecule has 1 unspecified atom stereocenters. The summed E-state index contributed by atoms with van der Waals surface area (Å²) in [6.45, 7) is 10.7. The topological polar surface area (TPSA) is 80.1 Å². The molecule has 2 aromatic carbocycles. The molecule has 0 saturated carbocycles. The molecule has 3 heterocycles. The summed E-state index contributed by atoms with van der Waals surface area (Å²) >= 11 is 6.33. The number of hydrogen-bond donors (Lipinski definition) is 0. The first kappa shape index (κ1) is 28.3. The van der Waals surface area contributed by atoms with E-state index in [2.05, 4.69) is 39.8 Å². The monoisotopic (exact) mass is 563 g/mol. The summed E-state index contributed by atoms with van der Waals surface area (Å²) in [4.78, 5) is 33.1. The summed E-state index contributed by atoms with van der Waals surface area (Å²) in [5, 5.41) is 9.72. The summed E-state index contributed by atoms with van der Waals surface area (Å²) in [7, 11) is 0. The molecule has 0 N–H and O–H groups in total. The third-order valence-corrected chi connectivity index (χ3v) is 9.16. The maximum Gasteiger partial charge on any atom is 0.302 e. The SMILES string of the molecule is CC(=O)OCCN1CCN(C(=O)c2ccc(N3CCC4(CC3)CC(C)N(c3ccc(C#N)c(Cl)c3)C4)cc2)CC1. The number of rotatable bonds is 6. The summed E-state index contributed by atoms with van der Waals surface area (Å²) in [6.07, 6.45) is 3.41. The van der Waals surface area contributed by atoms with Crippen molar-refractivity contribution in [3.05, 3.63) is 58.6 Å². The van der Waals surface area contributed by atoms with Crippen molar-refractivity contribution in [1.82, 2.24) is 9.80 Å². The van der Waals surface area contributed by atoms with Crippen LogP contribution >= 0.6 is 11.6 Å². The lowest BCUT2D eigenvalue weighted by Crippen LogP contribution is -2.49. The van der Waals surface area contributed by atoms with Gasteiger partial charge in [0.25, 0.3) is 5.91 Å². The molecular formula is C31H38ClN5O3. The zero-order valence-corrected chi connectivity index (χ0v) is 24.2. The van der Waals surface area contributed by atoms with E-state index in [1.807, 2.05) is 35.2 Å². The Morgan fingerprint density at radius 1 is 1.02 bits per heavy atom. The predicted molar refractivity (Wildman–Crippen MR) is 157 cm³/mol. The summed E-state index contributed by atoms with van der Waals surface area (Å²) in [5.41, 5.74) is 3.80. The van der Waals surface area contributed by atoms with Crippen LogP contribution in [0.5, 0.6) is 0 Å². The standard InChI is InChI=1S/C31H38ClN5O3/c1-23-20-31(22-37(23)28-8-5-26(21-33)29(32)19-28)9-11-35(12-10-31)27-6-3-25(4-7-27)30(39)36-15-13-34(14-16-36)17-18-40-24(2)38/h3-8,19,23H,9-18,20,22H2,1-2H3. The third kappa shape index (κ3) is 6.21. The van der Waals surface area contributed by atoms with Crippen molar-refractivity contribution < 1.29 is 14.3 Å². The Kier molecular flexibility index (Phi) is 8.53. The fourth-order valence-electron chi connectivity index (χ4n) is 6.53. The molecule has 1 spiro atoms. The van der Waals surface area contributed by atoms with Crippen molar-refractivity contribution in [2.75, 3.05) is 68.8 Å². The Morgan fingerprint density at radius 2 is 1.70 bits per heavy atom. The van der Waals surface area contributed by atoms with Crippen LogP contribution in [-0.4, -0.2) is 86.7 Å². The Morgan fingerprint density at radius 3 is 2.33 bits per heavy atom. The van der Waals surface area contributed by atoms with Crippen LogP contribution in [0.2, 0.25) is 5.02 Å². The Balaban J connectivity index is 1.12. The van der Waals surface area contributed by atoms with E-state index in [4.69, 9.17) is 16.3 Å². The average Bonchev–Trinajstić information content (AvgIpc) is 3.28. The second-order valence-corrected chi connectivity index (χ2v) is 11.9. The number of piperidine rings is 1. The minimum atomic E-state index is -0.258. The highest BCUT2D eigenvalue weighted by atomic mass is 35.5. The van der Waals surface area contributed by atoms with Crippen molar-refractivity contribution in [2.45, 2.75) is 39.2 Å². The molecule has 2 aromatic rings. The normalized spacial score (nSPS) is 20.9. The van der Waals surface area contributed by atoms with E-state index in [1.54, 1.807) is 0 Å². The minimum Gasteiger partial charge on any atom is -0.465 e. The maximum absolute atomic E-state index is 13.1. The van der Waals surface area contributed by atoms with Crippen molar-refractivity contribution in [3.63, 3.8) is 0 Å². The number of nitriles is 1. The Hall–Kier alpha value is -3.28. The van der Waals surface area contributed by atoms with Gasteiger partial charge in [-0.3, -0.25) is 14.5 Å². The number of nitrogens with zero attached hydrogens (tertiary/aromatic N) is 5. The molecule has 5 rings (SSSR count). The molecule has 1 amide bonds. The molecule has 40 heavy (non-hydrogen) atoms.